The molecule has 0 aromatic rings. The number of hydrogen-bond acceptors (Lipinski definition) is 6. The number of unbranched alkanes of at least 4 members (excludes halogenated alkanes) is 2. The van der Waals surface area contributed by atoms with Crippen LogP contribution in [0.3, 0.4) is 0 Å². The lowest BCUT2D eigenvalue weighted by Gasteiger charge is -2.37. The Morgan fingerprint density at radius 3 is 1.97 bits per heavy atom. The van der Waals surface area contributed by atoms with E-state index < -0.39 is 5.79 Å². The SMILES string of the molecule is CC(C)CNCCC(=O)NCCOC1(OCCNC(=O)CCCCCNC(C)(C)C)CCCCC1. The van der Waals surface area contributed by atoms with Crippen molar-refractivity contribution < 1.29 is 19.1 Å². The molecular formula is C27H54N4O4. The third-order valence-corrected chi connectivity index (χ3v) is 6.01. The molecule has 0 aromatic heterocycles. The predicted octanol–water partition coefficient (Wildman–Crippen LogP) is 3.50. The van der Waals surface area contributed by atoms with Crippen LogP contribution >= 0.6 is 0 Å². The van der Waals surface area contributed by atoms with E-state index >= 15 is 0 Å². The number of rotatable bonds is 19. The highest BCUT2D eigenvalue weighted by atomic mass is 16.7. The van der Waals surface area contributed by atoms with E-state index in [0.717, 1.165) is 58.0 Å². The number of ether oxygens (including phenoxy) is 2. The quantitative estimate of drug-likeness (QED) is 0.161. The first-order valence-corrected chi connectivity index (χ1v) is 13.9. The van der Waals surface area contributed by atoms with Crippen LogP contribution in [0, 0.1) is 5.92 Å². The molecule has 0 radical (unpaired) electrons. The molecule has 35 heavy (non-hydrogen) atoms. The van der Waals surface area contributed by atoms with Gasteiger partial charge in [0, 0.05) is 50.9 Å². The molecule has 4 N–H and O–H groups in total. The maximum atomic E-state index is 12.1. The molecule has 0 spiro atoms. The Bertz CT molecular complexity index is 572. The van der Waals surface area contributed by atoms with Gasteiger partial charge in [-0.1, -0.05) is 26.7 Å². The molecule has 0 atom stereocenters. The minimum atomic E-state index is -0.591. The Morgan fingerprint density at radius 1 is 0.800 bits per heavy atom. The van der Waals surface area contributed by atoms with Crippen LogP contribution in [0.5, 0.6) is 0 Å². The maximum Gasteiger partial charge on any atom is 0.221 e. The minimum absolute atomic E-state index is 0.0386. The summed E-state index contributed by atoms with van der Waals surface area (Å²) in [5.41, 5.74) is 0.148. The predicted molar refractivity (Wildman–Crippen MR) is 142 cm³/mol. The summed E-state index contributed by atoms with van der Waals surface area (Å²) >= 11 is 0. The summed E-state index contributed by atoms with van der Waals surface area (Å²) in [5, 5.41) is 12.7. The second-order valence-electron chi connectivity index (χ2n) is 11.2. The van der Waals surface area contributed by atoms with E-state index in [2.05, 4.69) is 55.9 Å². The Morgan fingerprint density at radius 2 is 1.40 bits per heavy atom. The zero-order chi connectivity index (χ0) is 26.0. The van der Waals surface area contributed by atoms with E-state index in [0.29, 0.717) is 51.6 Å². The molecule has 8 nitrogen and oxygen atoms in total. The van der Waals surface area contributed by atoms with Crippen molar-refractivity contribution in [2.75, 3.05) is 45.9 Å². The number of nitrogens with one attached hydrogen (secondary N) is 4. The fraction of sp³-hybridized carbons (Fsp3) is 0.926. The smallest absolute Gasteiger partial charge is 0.221 e. The summed E-state index contributed by atoms with van der Waals surface area (Å²) < 4.78 is 12.3. The van der Waals surface area contributed by atoms with Crippen LogP contribution in [0.15, 0.2) is 0 Å². The van der Waals surface area contributed by atoms with E-state index in [-0.39, 0.29) is 17.4 Å². The number of carbonyl (C=O) groups excluding carboxylic acids is 2. The van der Waals surface area contributed by atoms with Crippen LogP contribution in [0.25, 0.3) is 0 Å². The van der Waals surface area contributed by atoms with E-state index in [1.54, 1.807) is 0 Å². The van der Waals surface area contributed by atoms with Crippen LogP contribution in [-0.4, -0.2) is 69.1 Å². The second-order valence-corrected chi connectivity index (χ2v) is 11.2. The molecule has 1 saturated carbocycles. The van der Waals surface area contributed by atoms with Gasteiger partial charge in [-0.2, -0.15) is 0 Å². The lowest BCUT2D eigenvalue weighted by Crippen LogP contribution is -2.42. The Hall–Kier alpha value is -1.22. The van der Waals surface area contributed by atoms with Gasteiger partial charge >= 0.3 is 0 Å². The largest absolute Gasteiger partial charge is 0.354 e. The summed E-state index contributed by atoms with van der Waals surface area (Å²) in [5.74, 6) is 0.114. The maximum absolute atomic E-state index is 12.1. The Labute approximate surface area is 214 Å². The topological polar surface area (TPSA) is 101 Å². The van der Waals surface area contributed by atoms with Crippen molar-refractivity contribution in [2.45, 2.75) is 110 Å². The molecule has 1 aliphatic carbocycles. The molecule has 0 unspecified atom stereocenters. The van der Waals surface area contributed by atoms with Crippen LogP contribution in [0.1, 0.15) is 98.8 Å². The van der Waals surface area contributed by atoms with Gasteiger partial charge in [0.2, 0.25) is 11.8 Å². The van der Waals surface area contributed by atoms with Crippen LogP contribution < -0.4 is 21.3 Å². The molecule has 206 valence electrons. The van der Waals surface area contributed by atoms with E-state index in [1.165, 1.54) is 6.42 Å². The fourth-order valence-corrected chi connectivity index (χ4v) is 4.10. The lowest BCUT2D eigenvalue weighted by molar-refractivity contribution is -0.250. The molecule has 2 amide bonds. The van der Waals surface area contributed by atoms with Crippen LogP contribution in [-0.2, 0) is 19.1 Å². The standard InChI is InChI=1S/C27H54N4O4/c1-23(2)22-28-17-13-25(33)30-19-21-35-27(14-9-7-10-15-27)34-20-18-29-24(32)12-8-6-11-16-31-26(3,4)5/h23,28,31H,6-22H2,1-5H3,(H,29,32)(H,30,33). The summed E-state index contributed by atoms with van der Waals surface area (Å²) in [7, 11) is 0. The molecular weight excluding hydrogens is 444 g/mol. The zero-order valence-electron chi connectivity index (χ0n) is 23.2. The van der Waals surface area contributed by atoms with E-state index in [1.807, 2.05) is 0 Å². The minimum Gasteiger partial charge on any atom is -0.354 e. The normalized spacial score (nSPS) is 15.8. The third-order valence-electron chi connectivity index (χ3n) is 6.01. The highest BCUT2D eigenvalue weighted by molar-refractivity contribution is 5.76. The van der Waals surface area contributed by atoms with Crippen molar-refractivity contribution in [1.29, 1.82) is 0 Å². The van der Waals surface area contributed by atoms with Gasteiger partial charge in [-0.05, 0) is 65.5 Å². The molecule has 0 bridgehead atoms. The first kappa shape index (κ1) is 31.8. The van der Waals surface area contributed by atoms with Gasteiger partial charge in [0.15, 0.2) is 5.79 Å². The summed E-state index contributed by atoms with van der Waals surface area (Å²) in [4.78, 5) is 24.1. The Kier molecular flexibility index (Phi) is 16.4. The molecule has 1 fully saturated rings. The fourth-order valence-electron chi connectivity index (χ4n) is 4.10. The number of hydrogen-bond donors (Lipinski definition) is 4. The van der Waals surface area contributed by atoms with Crippen molar-refractivity contribution in [2.24, 2.45) is 5.92 Å². The highest BCUT2D eigenvalue weighted by Gasteiger charge is 2.33. The third kappa shape index (κ3) is 17.8. The summed E-state index contributed by atoms with van der Waals surface area (Å²) in [6, 6.07) is 0. The van der Waals surface area contributed by atoms with Gasteiger partial charge in [-0.3, -0.25) is 9.59 Å². The van der Waals surface area contributed by atoms with Crippen LogP contribution in [0.2, 0.25) is 0 Å². The van der Waals surface area contributed by atoms with Gasteiger partial charge in [-0.15, -0.1) is 0 Å². The molecule has 8 heteroatoms. The number of amides is 2. The van der Waals surface area contributed by atoms with Crippen LogP contribution in [0.4, 0.5) is 0 Å². The average molecular weight is 499 g/mol. The molecule has 0 heterocycles. The van der Waals surface area contributed by atoms with Gasteiger partial charge in [-0.25, -0.2) is 0 Å². The second kappa shape index (κ2) is 18.1. The zero-order valence-corrected chi connectivity index (χ0v) is 23.2. The first-order valence-electron chi connectivity index (χ1n) is 13.9. The van der Waals surface area contributed by atoms with Crippen molar-refractivity contribution >= 4 is 11.8 Å². The van der Waals surface area contributed by atoms with Crippen molar-refractivity contribution in [3.8, 4) is 0 Å². The molecule has 1 aliphatic rings. The van der Waals surface area contributed by atoms with Gasteiger partial charge in [0.05, 0.1) is 13.2 Å². The highest BCUT2D eigenvalue weighted by Crippen LogP contribution is 2.32. The molecule has 0 aliphatic heterocycles. The number of carbonyl (C=O) groups is 2. The lowest BCUT2D eigenvalue weighted by atomic mass is 9.94. The van der Waals surface area contributed by atoms with Crippen molar-refractivity contribution in [1.82, 2.24) is 21.3 Å². The van der Waals surface area contributed by atoms with Gasteiger partial charge < -0.3 is 30.7 Å². The first-order chi connectivity index (χ1) is 16.6. The van der Waals surface area contributed by atoms with E-state index in [9.17, 15) is 9.59 Å². The van der Waals surface area contributed by atoms with E-state index in [4.69, 9.17) is 9.47 Å². The van der Waals surface area contributed by atoms with Crippen molar-refractivity contribution in [3.63, 3.8) is 0 Å². The van der Waals surface area contributed by atoms with Gasteiger partial charge in [0.1, 0.15) is 0 Å². The summed E-state index contributed by atoms with van der Waals surface area (Å²) in [6.07, 6.45) is 9.13. The van der Waals surface area contributed by atoms with Crippen molar-refractivity contribution in [3.05, 3.63) is 0 Å². The molecule has 0 aromatic carbocycles. The molecule has 0 saturated heterocycles. The Balaban J connectivity index is 2.16. The molecule has 1 rings (SSSR count). The average Bonchev–Trinajstić information content (AvgIpc) is 2.79. The monoisotopic (exact) mass is 498 g/mol. The summed E-state index contributed by atoms with van der Waals surface area (Å²) in [6.45, 7) is 15.2. The van der Waals surface area contributed by atoms with Gasteiger partial charge in [0.25, 0.3) is 0 Å².